The van der Waals surface area contributed by atoms with Gasteiger partial charge in [-0.25, -0.2) is 4.72 Å². The summed E-state index contributed by atoms with van der Waals surface area (Å²) in [6, 6.07) is 19.8. The van der Waals surface area contributed by atoms with E-state index in [1.165, 1.54) is 26.1 Å². The van der Waals surface area contributed by atoms with Gasteiger partial charge in [-0.3, -0.25) is 9.59 Å². The van der Waals surface area contributed by atoms with Gasteiger partial charge in [-0.2, -0.15) is 12.7 Å². The summed E-state index contributed by atoms with van der Waals surface area (Å²) in [4.78, 5) is 30.5. The first-order chi connectivity index (χ1) is 25.0. The molecule has 3 fully saturated rings. The van der Waals surface area contributed by atoms with Gasteiger partial charge in [0.15, 0.2) is 0 Å². The van der Waals surface area contributed by atoms with Crippen molar-refractivity contribution in [3.05, 3.63) is 82.9 Å². The molecule has 1 aromatic heterocycles. The fourth-order valence-electron chi connectivity index (χ4n) is 9.00. The molecule has 52 heavy (non-hydrogen) atoms. The monoisotopic (exact) mass is 725 g/mol. The third kappa shape index (κ3) is 5.85. The van der Waals surface area contributed by atoms with Gasteiger partial charge in [0.05, 0.1) is 25.3 Å². The highest BCUT2D eigenvalue weighted by atomic mass is 32.2. The Labute approximate surface area is 305 Å². The fraction of sp³-hybridized carbons (Fsp3) is 0.450. The van der Waals surface area contributed by atoms with Crippen LogP contribution in [0.15, 0.2) is 60.7 Å². The van der Waals surface area contributed by atoms with E-state index in [1.54, 1.807) is 20.3 Å². The molecule has 8 rings (SSSR count). The Balaban J connectivity index is 1.25. The van der Waals surface area contributed by atoms with Crippen LogP contribution in [-0.4, -0.2) is 82.0 Å². The number of carbonyl (C=O) groups excluding carboxylic acids is 2. The summed E-state index contributed by atoms with van der Waals surface area (Å²) in [7, 11) is 2.11. The van der Waals surface area contributed by atoms with Crippen LogP contribution in [0, 0.1) is 5.41 Å². The second-order valence-electron chi connectivity index (χ2n) is 15.0. The zero-order chi connectivity index (χ0) is 36.4. The average Bonchev–Trinajstić information content (AvgIpc) is 3.84. The maximum Gasteiger partial charge on any atom is 0.303 e. The highest BCUT2D eigenvalue weighted by Gasteiger charge is 2.64. The number of hydrogen-bond donors (Lipinski definition) is 2. The number of carbonyl (C=O) groups is 2. The van der Waals surface area contributed by atoms with Crippen molar-refractivity contribution in [2.45, 2.75) is 62.9 Å². The summed E-state index contributed by atoms with van der Waals surface area (Å²) >= 11 is 0. The fourth-order valence-corrected chi connectivity index (χ4v) is 9.53. The summed E-state index contributed by atoms with van der Waals surface area (Å²) in [5, 5.41) is 4.66. The summed E-state index contributed by atoms with van der Waals surface area (Å²) < 4.78 is 41.9. The molecule has 1 saturated heterocycles. The number of fused-ring (bicyclic) bond motifs is 7. The van der Waals surface area contributed by atoms with E-state index in [9.17, 15) is 13.2 Å². The maximum atomic E-state index is 15.1. The van der Waals surface area contributed by atoms with E-state index in [0.717, 1.165) is 74.8 Å². The minimum Gasteiger partial charge on any atom is -0.497 e. The zero-order valence-electron chi connectivity index (χ0n) is 30.3. The summed E-state index contributed by atoms with van der Waals surface area (Å²) in [6.45, 7) is 2.32. The Bertz CT molecular complexity index is 2160. The van der Waals surface area contributed by atoms with E-state index in [-0.39, 0.29) is 23.4 Å². The van der Waals surface area contributed by atoms with Crippen LogP contribution in [0.5, 0.6) is 11.5 Å². The van der Waals surface area contributed by atoms with E-state index in [4.69, 9.17) is 9.47 Å². The van der Waals surface area contributed by atoms with Gasteiger partial charge in [-0.15, -0.1) is 0 Å². The average molecular weight is 726 g/mol. The number of methoxy groups -OCH3 is 2. The van der Waals surface area contributed by atoms with Gasteiger partial charge in [0.2, 0.25) is 5.91 Å². The van der Waals surface area contributed by atoms with Crippen molar-refractivity contribution >= 4 is 32.9 Å². The van der Waals surface area contributed by atoms with Crippen LogP contribution in [0.4, 0.5) is 0 Å². The number of piperazine rings is 1. The van der Waals surface area contributed by atoms with Crippen LogP contribution in [0.2, 0.25) is 0 Å². The molecule has 0 bridgehead atoms. The molecule has 4 aromatic rings. The van der Waals surface area contributed by atoms with Gasteiger partial charge in [-0.05, 0) is 84.3 Å². The molecule has 11 nitrogen and oxygen atoms in total. The molecule has 4 aliphatic rings. The first-order valence-corrected chi connectivity index (χ1v) is 19.7. The second-order valence-corrected chi connectivity index (χ2v) is 16.9. The van der Waals surface area contributed by atoms with Gasteiger partial charge in [0.25, 0.3) is 5.91 Å². The van der Waals surface area contributed by atoms with Crippen LogP contribution >= 0.6 is 0 Å². The molecule has 2 saturated carbocycles. The first kappa shape index (κ1) is 34.7. The number of amides is 2. The molecular weight excluding hydrogens is 679 g/mol. The Kier molecular flexibility index (Phi) is 8.82. The molecule has 3 aromatic carbocycles. The SMILES string of the molecule is COc1ccc(C2CN(C(=O)C34CC3c3cc(OC)ccc3-c3c(C5CCCCC5)c5ccc(C(=O)NS(=O)(=O)N(C)C)cc5n3C4)CCN2)cc1. The lowest BCUT2D eigenvalue weighted by atomic mass is 9.81. The largest absolute Gasteiger partial charge is 0.497 e. The lowest BCUT2D eigenvalue weighted by molar-refractivity contribution is -0.139. The van der Waals surface area contributed by atoms with Gasteiger partial charge < -0.3 is 24.3 Å². The molecule has 3 heterocycles. The normalized spacial score (nSPS) is 23.0. The molecule has 12 heteroatoms. The molecule has 2 aliphatic carbocycles. The number of rotatable bonds is 8. The summed E-state index contributed by atoms with van der Waals surface area (Å²) in [6.07, 6.45) is 6.37. The summed E-state index contributed by atoms with van der Waals surface area (Å²) in [5.74, 6) is 1.34. The Morgan fingerprint density at radius 2 is 1.67 bits per heavy atom. The first-order valence-electron chi connectivity index (χ1n) is 18.3. The van der Waals surface area contributed by atoms with Crippen molar-refractivity contribution in [1.82, 2.24) is 23.8 Å². The standard InChI is InChI=1S/C40H47N5O6S/c1-43(2)52(48,49)42-38(46)27-12-16-31-35(20-27)45-24-40(39(47)44-19-18-41-34(23-44)25-10-13-28(50-3)14-11-25)22-33(40)32-21-29(51-4)15-17-30(32)37(45)36(31)26-8-6-5-7-9-26/h10-17,20-21,26,33-34,41H,5-9,18-19,22-24H2,1-4H3,(H,42,46). The highest BCUT2D eigenvalue weighted by molar-refractivity contribution is 7.87. The molecular formula is C40H47N5O6S. The van der Waals surface area contributed by atoms with Crippen LogP contribution < -0.4 is 19.5 Å². The summed E-state index contributed by atoms with van der Waals surface area (Å²) in [5.41, 5.74) is 6.13. The molecule has 3 atom stereocenters. The van der Waals surface area contributed by atoms with Crippen molar-refractivity contribution in [2.24, 2.45) is 5.41 Å². The van der Waals surface area contributed by atoms with Crippen LogP contribution in [0.25, 0.3) is 22.2 Å². The van der Waals surface area contributed by atoms with Crippen molar-refractivity contribution < 1.29 is 27.5 Å². The van der Waals surface area contributed by atoms with Gasteiger partial charge in [0.1, 0.15) is 11.5 Å². The Hall–Kier alpha value is -4.39. The van der Waals surface area contributed by atoms with Gasteiger partial charge in [-0.1, -0.05) is 37.5 Å². The lowest BCUT2D eigenvalue weighted by Crippen LogP contribution is -2.51. The van der Waals surface area contributed by atoms with Gasteiger partial charge in [0, 0.05) is 74.3 Å². The molecule has 2 N–H and O–H groups in total. The maximum absolute atomic E-state index is 15.1. The molecule has 2 aliphatic heterocycles. The van der Waals surface area contributed by atoms with Crippen molar-refractivity contribution in [1.29, 1.82) is 0 Å². The van der Waals surface area contributed by atoms with Crippen molar-refractivity contribution in [3.63, 3.8) is 0 Å². The quantitative estimate of drug-likeness (QED) is 0.244. The van der Waals surface area contributed by atoms with E-state index >= 15 is 4.79 Å². The molecule has 3 unspecified atom stereocenters. The topological polar surface area (TPSA) is 122 Å². The lowest BCUT2D eigenvalue weighted by Gasteiger charge is -2.36. The number of aromatic nitrogens is 1. The molecule has 0 radical (unpaired) electrons. The van der Waals surface area contributed by atoms with E-state index < -0.39 is 21.5 Å². The molecule has 0 spiro atoms. The van der Waals surface area contributed by atoms with Crippen molar-refractivity contribution in [2.75, 3.05) is 47.9 Å². The van der Waals surface area contributed by atoms with E-state index in [0.29, 0.717) is 38.5 Å². The Morgan fingerprint density at radius 1 is 0.942 bits per heavy atom. The van der Waals surface area contributed by atoms with E-state index in [1.807, 2.05) is 35.2 Å². The third-order valence-corrected chi connectivity index (χ3v) is 13.3. The predicted octanol–water partition coefficient (Wildman–Crippen LogP) is 5.57. The molecule has 274 valence electrons. The number of nitrogens with one attached hydrogen (secondary N) is 2. The third-order valence-electron chi connectivity index (χ3n) is 11.9. The zero-order valence-corrected chi connectivity index (χ0v) is 31.1. The number of hydrogen-bond acceptors (Lipinski definition) is 7. The second kappa shape index (κ2) is 13.2. The van der Waals surface area contributed by atoms with E-state index in [2.05, 4.69) is 38.9 Å². The predicted molar refractivity (Wildman–Crippen MR) is 200 cm³/mol. The number of benzene rings is 3. The van der Waals surface area contributed by atoms with Crippen LogP contribution in [0.3, 0.4) is 0 Å². The number of nitrogens with zero attached hydrogens (tertiary/aromatic N) is 3. The molecule has 2 amide bonds. The van der Waals surface area contributed by atoms with Crippen molar-refractivity contribution in [3.8, 4) is 22.8 Å². The highest BCUT2D eigenvalue weighted by Crippen LogP contribution is 2.66. The van der Waals surface area contributed by atoms with Crippen LogP contribution in [0.1, 0.15) is 83.5 Å². The Morgan fingerprint density at radius 3 is 2.38 bits per heavy atom. The number of ether oxygens (including phenoxy) is 2. The van der Waals surface area contributed by atoms with Crippen LogP contribution in [-0.2, 0) is 21.5 Å². The van der Waals surface area contributed by atoms with Gasteiger partial charge >= 0.3 is 10.2 Å². The minimum atomic E-state index is -3.99. The smallest absolute Gasteiger partial charge is 0.303 e. The minimum absolute atomic E-state index is 0.00393.